The van der Waals surface area contributed by atoms with Crippen molar-refractivity contribution in [3.63, 3.8) is 0 Å². The van der Waals surface area contributed by atoms with Crippen molar-refractivity contribution in [3.8, 4) is 0 Å². The van der Waals surface area contributed by atoms with Crippen molar-refractivity contribution in [2.24, 2.45) is 34.0 Å². The second kappa shape index (κ2) is 12.9. The number of allylic oxidation sites excluding steroid dienone is 2. The Morgan fingerprint density at radius 2 is 1.73 bits per heavy atom. The van der Waals surface area contributed by atoms with E-state index >= 15 is 4.39 Å². The van der Waals surface area contributed by atoms with Crippen LogP contribution in [0.25, 0.3) is 5.70 Å². The molecule has 8 N–H and O–H groups in total. The molecule has 200 valence electrons. The first-order valence-corrected chi connectivity index (χ1v) is 12.6. The number of hydrogen-bond donors (Lipinski definition) is 4. The fourth-order valence-corrected chi connectivity index (χ4v) is 5.55. The van der Waals surface area contributed by atoms with Crippen LogP contribution in [0.2, 0.25) is 0 Å². The topological polar surface area (TPSA) is 129 Å². The average Bonchev–Trinajstić information content (AvgIpc) is 3.44. The molecule has 37 heavy (non-hydrogen) atoms. The lowest BCUT2D eigenvalue weighted by Gasteiger charge is -2.50. The summed E-state index contributed by atoms with van der Waals surface area (Å²) in [5.74, 6) is 1.57. The van der Waals surface area contributed by atoms with Crippen LogP contribution in [-0.2, 0) is 4.74 Å². The zero-order valence-electron chi connectivity index (χ0n) is 21.6. The van der Waals surface area contributed by atoms with Gasteiger partial charge in [0.15, 0.2) is 0 Å². The van der Waals surface area contributed by atoms with Crippen molar-refractivity contribution in [1.29, 1.82) is 0 Å². The van der Waals surface area contributed by atoms with Gasteiger partial charge >= 0.3 is 0 Å². The van der Waals surface area contributed by atoms with Crippen LogP contribution in [-0.4, -0.2) is 71.2 Å². The highest BCUT2D eigenvalue weighted by molar-refractivity contribution is 6.41. The molecule has 1 aliphatic carbocycles. The third-order valence-electron chi connectivity index (χ3n) is 7.83. The molecule has 10 heteroatoms. The lowest BCUT2D eigenvalue weighted by atomic mass is 9.50. The minimum Gasteiger partial charge on any atom is -0.398 e. The highest BCUT2D eigenvalue weighted by atomic mass is 19.1. The number of nitrogens with zero attached hydrogens (tertiary/aromatic N) is 2. The van der Waals surface area contributed by atoms with Gasteiger partial charge in [-0.05, 0) is 60.7 Å². The van der Waals surface area contributed by atoms with Gasteiger partial charge in [0.2, 0.25) is 0 Å². The van der Waals surface area contributed by atoms with E-state index in [1.165, 1.54) is 19.3 Å². The standard InChI is InChI=1S/C13H20B2FNO.C13H19N5.CH4/c14-13(15,12(16)4-6-18-7-5-12)17-8-10-2-1-3-11(10)9-17;1-8-9(11(14)5-6-13(16)17)3-4-12(15)10(8)7-18-2;/h10-11H,1-9H2;3-7H,14-17H2,1-2H3;1H4/b;11-5-,18-7?;. The van der Waals surface area contributed by atoms with Crippen molar-refractivity contribution in [2.45, 2.75) is 57.5 Å². The Morgan fingerprint density at radius 3 is 2.27 bits per heavy atom. The molecule has 1 saturated carbocycles. The Balaban J connectivity index is 0.000000253. The molecular weight excluding hydrogens is 465 g/mol. The number of fused-ring (bicyclic) bond motifs is 1. The summed E-state index contributed by atoms with van der Waals surface area (Å²) in [5, 5.41) is -1.33. The van der Waals surface area contributed by atoms with E-state index in [4.69, 9.17) is 43.4 Å². The summed E-state index contributed by atoms with van der Waals surface area (Å²) < 4.78 is 20.2. The molecule has 4 radical (unpaired) electrons. The third-order valence-corrected chi connectivity index (χ3v) is 7.83. The predicted octanol–water partition coefficient (Wildman–Crippen LogP) is 2.55. The fraction of sp³-hybridized carbons (Fsp3) is 0.593. The highest BCUT2D eigenvalue weighted by Gasteiger charge is 2.52. The molecule has 0 aromatic heterocycles. The number of halogens is 1. The molecule has 2 heterocycles. The second-order valence-corrected chi connectivity index (χ2v) is 10.2. The maximum Gasteiger partial charge on any atom is 0.117 e. The first-order valence-electron chi connectivity index (χ1n) is 12.6. The molecule has 2 unspecified atom stereocenters. The van der Waals surface area contributed by atoms with E-state index in [0.29, 0.717) is 49.3 Å². The maximum absolute atomic E-state index is 15.0. The molecule has 3 fully saturated rings. The van der Waals surface area contributed by atoms with Gasteiger partial charge in [0.25, 0.3) is 0 Å². The second-order valence-electron chi connectivity index (χ2n) is 10.2. The normalized spacial score (nSPS) is 23.6. The smallest absolute Gasteiger partial charge is 0.117 e. The lowest BCUT2D eigenvalue weighted by molar-refractivity contribution is -0.0490. The summed E-state index contributed by atoms with van der Waals surface area (Å²) in [4.78, 5) is 5.98. The molecule has 1 aromatic carbocycles. The quantitative estimate of drug-likeness (QED) is 0.210. The van der Waals surface area contributed by atoms with Crippen LogP contribution in [0.15, 0.2) is 35.1 Å². The van der Waals surface area contributed by atoms with E-state index in [0.717, 1.165) is 29.8 Å². The largest absolute Gasteiger partial charge is 0.398 e. The van der Waals surface area contributed by atoms with E-state index < -0.39 is 11.0 Å². The average molecular weight is 508 g/mol. The number of alkyl halides is 1. The number of aliphatic imine (C=N–C) groups is 1. The maximum atomic E-state index is 15.0. The van der Waals surface area contributed by atoms with Crippen LogP contribution in [0.5, 0.6) is 0 Å². The Labute approximate surface area is 224 Å². The SMILES string of the molecule is C.CN=Cc1c(N)ccc(/C(N)=C/C=C(N)N)c1C.[B]C([B])(N1CC2CCCC2C1)C1(F)CCOCC1. The zero-order valence-corrected chi connectivity index (χ0v) is 21.6. The zero-order chi connectivity index (χ0) is 26.5. The summed E-state index contributed by atoms with van der Waals surface area (Å²) >= 11 is 0. The van der Waals surface area contributed by atoms with E-state index in [2.05, 4.69) is 4.99 Å². The van der Waals surface area contributed by atoms with E-state index in [-0.39, 0.29) is 13.2 Å². The summed E-state index contributed by atoms with van der Waals surface area (Å²) in [6.45, 7) is 4.52. The van der Waals surface area contributed by atoms with Crippen LogP contribution < -0.4 is 22.9 Å². The van der Waals surface area contributed by atoms with Crippen LogP contribution in [0.4, 0.5) is 10.1 Å². The van der Waals surface area contributed by atoms with Gasteiger partial charge in [-0.15, -0.1) is 0 Å². The van der Waals surface area contributed by atoms with Crippen LogP contribution in [0, 0.1) is 18.8 Å². The lowest BCUT2D eigenvalue weighted by Crippen LogP contribution is -2.64. The number of rotatable bonds is 5. The number of nitrogens with two attached hydrogens (primary N) is 4. The molecule has 0 amide bonds. The minimum atomic E-state index is -1.51. The number of nitrogen functional groups attached to an aromatic ring is 1. The highest BCUT2D eigenvalue weighted by Crippen LogP contribution is 2.44. The van der Waals surface area contributed by atoms with Gasteiger partial charge in [-0.2, -0.15) is 0 Å². The summed E-state index contributed by atoms with van der Waals surface area (Å²) in [6.07, 6.45) is 9.37. The number of ether oxygens (including phenoxy) is 1. The molecule has 2 saturated heterocycles. The van der Waals surface area contributed by atoms with Gasteiger partial charge in [-0.1, -0.05) is 19.9 Å². The van der Waals surface area contributed by atoms with Crippen LogP contribution in [0.1, 0.15) is 56.2 Å². The number of likely N-dealkylation sites (tertiary alicyclic amines) is 1. The van der Waals surface area contributed by atoms with Crippen LogP contribution in [0.3, 0.4) is 0 Å². The Bertz CT molecular complexity index is 991. The number of anilines is 1. The first kappa shape index (κ1) is 30.8. The molecule has 0 bridgehead atoms. The van der Waals surface area contributed by atoms with Crippen LogP contribution >= 0.6 is 0 Å². The Hall–Kier alpha value is -2.45. The fourth-order valence-electron chi connectivity index (χ4n) is 5.55. The van der Waals surface area contributed by atoms with Gasteiger partial charge in [0.05, 0.1) is 21.5 Å². The summed E-state index contributed by atoms with van der Waals surface area (Å²) in [5.41, 5.74) is 25.1. The minimum absolute atomic E-state index is 0. The summed E-state index contributed by atoms with van der Waals surface area (Å²) in [7, 11) is 14.1. The summed E-state index contributed by atoms with van der Waals surface area (Å²) in [6, 6.07) is 3.67. The van der Waals surface area contributed by atoms with Crippen molar-refractivity contribution < 1.29 is 9.13 Å². The molecule has 1 aromatic rings. The molecule has 2 aliphatic heterocycles. The van der Waals surface area contributed by atoms with E-state index in [1.54, 1.807) is 31.5 Å². The number of hydrogen-bond acceptors (Lipinski definition) is 7. The van der Waals surface area contributed by atoms with Crippen molar-refractivity contribution in [2.75, 3.05) is 39.1 Å². The van der Waals surface area contributed by atoms with E-state index in [9.17, 15) is 0 Å². The molecule has 0 spiro atoms. The van der Waals surface area contributed by atoms with Crippen molar-refractivity contribution >= 4 is 33.3 Å². The van der Waals surface area contributed by atoms with Gasteiger partial charge in [-0.25, -0.2) is 4.39 Å². The van der Waals surface area contributed by atoms with Gasteiger partial charge in [0, 0.05) is 74.9 Å². The Kier molecular flexibility index (Phi) is 10.7. The van der Waals surface area contributed by atoms with Gasteiger partial charge in [-0.3, -0.25) is 4.99 Å². The first-order chi connectivity index (χ1) is 17.0. The van der Waals surface area contributed by atoms with Gasteiger partial charge < -0.3 is 32.6 Å². The molecule has 3 aliphatic rings. The number of benzene rings is 1. The monoisotopic (exact) mass is 508 g/mol. The molecule has 4 rings (SSSR count). The molecular formula is C27H43B2FN6O. The molecule has 7 nitrogen and oxygen atoms in total. The Morgan fingerprint density at radius 1 is 1.14 bits per heavy atom. The van der Waals surface area contributed by atoms with Crippen molar-refractivity contribution in [3.05, 3.63) is 46.8 Å². The molecule has 2 atom stereocenters. The van der Waals surface area contributed by atoms with E-state index in [1.807, 2.05) is 17.9 Å². The van der Waals surface area contributed by atoms with Gasteiger partial charge in [0.1, 0.15) is 5.67 Å². The predicted molar refractivity (Wildman–Crippen MR) is 155 cm³/mol. The van der Waals surface area contributed by atoms with Crippen molar-refractivity contribution in [1.82, 2.24) is 4.90 Å². The third kappa shape index (κ3) is 6.90.